The summed E-state index contributed by atoms with van der Waals surface area (Å²) in [6.07, 6.45) is 7.43. The van der Waals surface area contributed by atoms with Crippen molar-refractivity contribution in [1.29, 1.82) is 0 Å². The molecule has 0 fully saturated rings. The van der Waals surface area contributed by atoms with E-state index in [1.165, 1.54) is 6.08 Å². The van der Waals surface area contributed by atoms with E-state index in [0.717, 1.165) is 0 Å². The zero-order valence-corrected chi connectivity index (χ0v) is 6.06. The molecule has 0 aromatic rings. The molecule has 11 heavy (non-hydrogen) atoms. The van der Waals surface area contributed by atoms with Gasteiger partial charge in [-0.2, -0.15) is 0 Å². The van der Waals surface area contributed by atoms with E-state index in [9.17, 15) is 10.1 Å². The van der Waals surface area contributed by atoms with Crippen LogP contribution in [-0.2, 0) is 0 Å². The third-order valence-electron chi connectivity index (χ3n) is 1.67. The second-order valence-electron chi connectivity index (χ2n) is 2.35. The molecule has 3 heteroatoms. The van der Waals surface area contributed by atoms with Crippen molar-refractivity contribution < 1.29 is 4.92 Å². The smallest absolute Gasteiger partial charge is 0.253 e. The minimum absolute atomic E-state index is 0.116. The maximum Gasteiger partial charge on any atom is 0.253 e. The molecule has 58 valence electrons. The summed E-state index contributed by atoms with van der Waals surface area (Å²) in [7, 11) is 0. The summed E-state index contributed by atoms with van der Waals surface area (Å²) in [4.78, 5) is 10.0. The van der Waals surface area contributed by atoms with Crippen LogP contribution in [0.5, 0.6) is 0 Å². The van der Waals surface area contributed by atoms with Crippen LogP contribution in [0.3, 0.4) is 0 Å². The average Bonchev–Trinajstić information content (AvgIpc) is 2.04. The lowest BCUT2D eigenvalue weighted by Crippen LogP contribution is -2.10. The largest absolute Gasteiger partial charge is 0.259 e. The molecule has 0 aromatic heterocycles. The van der Waals surface area contributed by atoms with Crippen molar-refractivity contribution in [3.63, 3.8) is 0 Å². The Kier molecular flexibility index (Phi) is 2.21. The number of hydrogen-bond acceptors (Lipinski definition) is 2. The Bertz CT molecular complexity index is 240. The Labute approximate surface area is 64.9 Å². The van der Waals surface area contributed by atoms with Crippen molar-refractivity contribution in [2.75, 3.05) is 0 Å². The van der Waals surface area contributed by atoms with Crippen LogP contribution < -0.4 is 0 Å². The molecule has 1 atom stereocenters. The van der Waals surface area contributed by atoms with Crippen LogP contribution in [0.25, 0.3) is 0 Å². The van der Waals surface area contributed by atoms with Crippen LogP contribution in [-0.4, -0.2) is 4.92 Å². The van der Waals surface area contributed by atoms with Gasteiger partial charge in [0.2, 0.25) is 0 Å². The molecule has 0 amide bonds. The monoisotopic (exact) mass is 151 g/mol. The fourth-order valence-corrected chi connectivity index (χ4v) is 1.05. The van der Waals surface area contributed by atoms with Gasteiger partial charge in [0, 0.05) is 6.08 Å². The molecular formula is C8H9NO2. The van der Waals surface area contributed by atoms with Gasteiger partial charge in [-0.1, -0.05) is 18.2 Å². The van der Waals surface area contributed by atoms with Crippen molar-refractivity contribution >= 4 is 0 Å². The quantitative estimate of drug-likeness (QED) is 0.343. The first kappa shape index (κ1) is 7.72. The molecule has 0 aromatic carbocycles. The highest BCUT2D eigenvalue weighted by Gasteiger charge is 2.21. The summed E-state index contributed by atoms with van der Waals surface area (Å²) in [5.74, 6) is -0.116. The lowest BCUT2D eigenvalue weighted by Gasteiger charge is -2.08. The van der Waals surface area contributed by atoms with E-state index in [-0.39, 0.29) is 16.5 Å². The first-order valence-electron chi connectivity index (χ1n) is 3.39. The minimum atomic E-state index is -0.351. The van der Waals surface area contributed by atoms with Gasteiger partial charge in [0.05, 0.1) is 10.8 Å². The Morgan fingerprint density at radius 3 is 3.00 bits per heavy atom. The third-order valence-corrected chi connectivity index (χ3v) is 1.67. The van der Waals surface area contributed by atoms with Crippen molar-refractivity contribution in [3.05, 3.63) is 46.7 Å². The van der Waals surface area contributed by atoms with E-state index in [2.05, 4.69) is 6.58 Å². The predicted molar refractivity (Wildman–Crippen MR) is 42.5 cm³/mol. The zero-order valence-electron chi connectivity index (χ0n) is 6.06. The van der Waals surface area contributed by atoms with Crippen molar-refractivity contribution in [3.8, 4) is 0 Å². The SMILES string of the molecule is C=CC1CC=CC=C1[N+](=O)[O-]. The standard InChI is InChI=1S/C8H9NO2/c1-2-7-5-3-4-6-8(7)9(10)11/h2-4,6-7H,1,5H2. The first-order valence-corrected chi connectivity index (χ1v) is 3.39. The van der Waals surface area contributed by atoms with Crippen LogP contribution in [0.4, 0.5) is 0 Å². The Morgan fingerprint density at radius 2 is 2.55 bits per heavy atom. The van der Waals surface area contributed by atoms with Gasteiger partial charge in [-0.25, -0.2) is 0 Å². The summed E-state index contributed by atoms with van der Waals surface area (Å²) < 4.78 is 0. The van der Waals surface area contributed by atoms with Gasteiger partial charge in [0.1, 0.15) is 0 Å². The van der Waals surface area contributed by atoms with Crippen LogP contribution >= 0.6 is 0 Å². The molecular weight excluding hydrogens is 142 g/mol. The molecule has 0 radical (unpaired) electrons. The third kappa shape index (κ3) is 1.55. The summed E-state index contributed by atoms with van der Waals surface area (Å²) >= 11 is 0. The van der Waals surface area contributed by atoms with E-state index in [0.29, 0.717) is 6.42 Å². The summed E-state index contributed by atoms with van der Waals surface area (Å²) in [6.45, 7) is 3.54. The second-order valence-corrected chi connectivity index (χ2v) is 2.35. The highest BCUT2D eigenvalue weighted by molar-refractivity contribution is 5.19. The molecule has 1 unspecified atom stereocenters. The number of allylic oxidation sites excluding steroid dienone is 4. The maximum absolute atomic E-state index is 10.4. The van der Waals surface area contributed by atoms with Crippen LogP contribution in [0.1, 0.15) is 6.42 Å². The highest BCUT2D eigenvalue weighted by Crippen LogP contribution is 2.21. The van der Waals surface area contributed by atoms with Gasteiger partial charge in [-0.3, -0.25) is 10.1 Å². The van der Waals surface area contributed by atoms with Crippen LogP contribution in [0.15, 0.2) is 36.6 Å². The summed E-state index contributed by atoms with van der Waals surface area (Å²) in [6, 6.07) is 0. The molecule has 0 aliphatic heterocycles. The Morgan fingerprint density at radius 1 is 1.82 bits per heavy atom. The number of rotatable bonds is 2. The second kappa shape index (κ2) is 3.14. The molecule has 0 saturated carbocycles. The number of hydrogen-bond donors (Lipinski definition) is 0. The number of nitrogens with zero attached hydrogens (tertiary/aromatic N) is 1. The summed E-state index contributed by atoms with van der Waals surface area (Å²) in [5, 5.41) is 10.4. The van der Waals surface area contributed by atoms with Gasteiger partial charge in [0.25, 0.3) is 5.70 Å². The van der Waals surface area contributed by atoms with E-state index >= 15 is 0 Å². The normalized spacial score (nSPS) is 22.5. The van der Waals surface area contributed by atoms with Crippen LogP contribution in [0, 0.1) is 16.0 Å². The molecule has 0 saturated heterocycles. The number of nitro groups is 1. The molecule has 1 rings (SSSR count). The van der Waals surface area contributed by atoms with Gasteiger partial charge < -0.3 is 0 Å². The predicted octanol–water partition coefficient (Wildman–Crippen LogP) is 1.91. The molecule has 0 spiro atoms. The Balaban J connectivity index is 2.86. The van der Waals surface area contributed by atoms with Gasteiger partial charge >= 0.3 is 0 Å². The van der Waals surface area contributed by atoms with Crippen molar-refractivity contribution in [2.45, 2.75) is 6.42 Å². The summed E-state index contributed by atoms with van der Waals surface area (Å²) in [5.41, 5.74) is 0.238. The molecule has 0 bridgehead atoms. The van der Waals surface area contributed by atoms with Gasteiger partial charge in [0.15, 0.2) is 0 Å². The fraction of sp³-hybridized carbons (Fsp3) is 0.250. The molecule has 0 heterocycles. The van der Waals surface area contributed by atoms with Gasteiger partial charge in [-0.05, 0) is 6.42 Å². The van der Waals surface area contributed by atoms with E-state index in [1.54, 1.807) is 12.2 Å². The van der Waals surface area contributed by atoms with E-state index < -0.39 is 0 Å². The zero-order chi connectivity index (χ0) is 8.27. The van der Waals surface area contributed by atoms with Gasteiger partial charge in [-0.15, -0.1) is 6.58 Å². The lowest BCUT2D eigenvalue weighted by molar-refractivity contribution is -0.432. The fourth-order valence-electron chi connectivity index (χ4n) is 1.05. The molecule has 0 N–H and O–H groups in total. The van der Waals surface area contributed by atoms with Crippen LogP contribution in [0.2, 0.25) is 0 Å². The topological polar surface area (TPSA) is 43.1 Å². The molecule has 1 aliphatic carbocycles. The lowest BCUT2D eigenvalue weighted by atomic mass is 9.97. The van der Waals surface area contributed by atoms with E-state index in [1.807, 2.05) is 6.08 Å². The minimum Gasteiger partial charge on any atom is -0.259 e. The average molecular weight is 151 g/mol. The molecule has 1 aliphatic rings. The van der Waals surface area contributed by atoms with Crippen molar-refractivity contribution in [1.82, 2.24) is 0 Å². The Hall–Kier alpha value is -1.38. The molecule has 3 nitrogen and oxygen atoms in total. The first-order chi connectivity index (χ1) is 5.25. The maximum atomic E-state index is 10.4. The highest BCUT2D eigenvalue weighted by atomic mass is 16.6. The van der Waals surface area contributed by atoms with E-state index in [4.69, 9.17) is 0 Å². The van der Waals surface area contributed by atoms with Crippen molar-refractivity contribution in [2.24, 2.45) is 5.92 Å².